The van der Waals surface area contributed by atoms with Gasteiger partial charge < -0.3 is 5.73 Å². The summed E-state index contributed by atoms with van der Waals surface area (Å²) in [4.78, 5) is 3.98. The Bertz CT molecular complexity index is 395. The third-order valence-electron chi connectivity index (χ3n) is 4.29. The summed E-state index contributed by atoms with van der Waals surface area (Å²) >= 11 is 5.38. The number of piperidine rings is 1. The normalized spacial score (nSPS) is 21.8. The van der Waals surface area contributed by atoms with E-state index in [4.69, 9.17) is 5.73 Å². The monoisotopic (exact) mass is 344 g/mol. The molecule has 2 nitrogen and oxygen atoms in total. The van der Waals surface area contributed by atoms with Crippen LogP contribution in [0.3, 0.4) is 0 Å². The lowest BCUT2D eigenvalue weighted by atomic mass is 9.86. The molecule has 0 amide bonds. The van der Waals surface area contributed by atoms with E-state index in [1.807, 2.05) is 11.3 Å². The number of hydrogen-bond donors (Lipinski definition) is 1. The van der Waals surface area contributed by atoms with Crippen molar-refractivity contribution in [3.8, 4) is 0 Å². The van der Waals surface area contributed by atoms with Crippen molar-refractivity contribution in [2.75, 3.05) is 13.1 Å². The van der Waals surface area contributed by atoms with Crippen LogP contribution >= 0.6 is 27.3 Å². The minimum Gasteiger partial charge on any atom is -0.326 e. The second-order valence-electron chi connectivity index (χ2n) is 6.06. The first-order valence-electron chi connectivity index (χ1n) is 7.24. The van der Waals surface area contributed by atoms with Crippen molar-refractivity contribution in [3.05, 3.63) is 20.8 Å². The van der Waals surface area contributed by atoms with Gasteiger partial charge in [-0.2, -0.15) is 0 Å². The smallest absolute Gasteiger partial charge is 0.0702 e. The Morgan fingerprint density at radius 2 is 1.89 bits per heavy atom. The molecule has 0 aliphatic carbocycles. The average molecular weight is 345 g/mol. The highest BCUT2D eigenvalue weighted by Gasteiger charge is 2.30. The molecule has 1 aliphatic rings. The molecule has 1 aromatic heterocycles. The minimum atomic E-state index is 0.182. The summed E-state index contributed by atoms with van der Waals surface area (Å²) in [5.41, 5.74) is 6.25. The molecule has 108 valence electrons. The van der Waals surface area contributed by atoms with Crippen molar-refractivity contribution in [2.45, 2.75) is 45.7 Å². The Balaban J connectivity index is 2.05. The fourth-order valence-corrected chi connectivity index (χ4v) is 4.80. The van der Waals surface area contributed by atoms with Crippen molar-refractivity contribution >= 4 is 27.3 Å². The number of rotatable bonds is 4. The van der Waals surface area contributed by atoms with Gasteiger partial charge in [0.25, 0.3) is 0 Å². The molecule has 19 heavy (non-hydrogen) atoms. The summed E-state index contributed by atoms with van der Waals surface area (Å²) in [6, 6.07) is 4.92. The average Bonchev–Trinajstić information content (AvgIpc) is 2.76. The molecule has 2 rings (SSSR count). The number of nitrogens with zero attached hydrogens (tertiary/aromatic N) is 1. The molecule has 4 heteroatoms. The molecule has 2 N–H and O–H groups in total. The van der Waals surface area contributed by atoms with Crippen LogP contribution in [0, 0.1) is 11.8 Å². The molecule has 1 aliphatic heterocycles. The number of hydrogen-bond acceptors (Lipinski definition) is 3. The predicted molar refractivity (Wildman–Crippen MR) is 87.5 cm³/mol. The zero-order chi connectivity index (χ0) is 14.0. The van der Waals surface area contributed by atoms with E-state index in [9.17, 15) is 0 Å². The van der Waals surface area contributed by atoms with E-state index in [0.29, 0.717) is 6.04 Å². The van der Waals surface area contributed by atoms with E-state index in [1.165, 1.54) is 34.6 Å². The quantitative estimate of drug-likeness (QED) is 0.883. The summed E-state index contributed by atoms with van der Waals surface area (Å²) in [5.74, 6) is 1.70. The maximum atomic E-state index is 6.25. The molecule has 2 heterocycles. The van der Waals surface area contributed by atoms with Crippen LogP contribution in [-0.4, -0.2) is 24.0 Å². The first-order valence-corrected chi connectivity index (χ1v) is 8.85. The maximum absolute atomic E-state index is 6.25. The summed E-state index contributed by atoms with van der Waals surface area (Å²) in [6.45, 7) is 9.20. The minimum absolute atomic E-state index is 0.182. The number of likely N-dealkylation sites (tertiary alicyclic amines) is 1. The van der Waals surface area contributed by atoms with Crippen LogP contribution < -0.4 is 5.73 Å². The van der Waals surface area contributed by atoms with Gasteiger partial charge in [-0.1, -0.05) is 13.8 Å². The van der Waals surface area contributed by atoms with Crippen LogP contribution in [0.5, 0.6) is 0 Å². The van der Waals surface area contributed by atoms with Crippen molar-refractivity contribution in [1.29, 1.82) is 0 Å². The summed E-state index contributed by atoms with van der Waals surface area (Å²) in [7, 11) is 0. The van der Waals surface area contributed by atoms with Crippen molar-refractivity contribution in [3.63, 3.8) is 0 Å². The zero-order valence-electron chi connectivity index (χ0n) is 12.1. The lowest BCUT2D eigenvalue weighted by molar-refractivity contribution is 0.105. The van der Waals surface area contributed by atoms with Crippen molar-refractivity contribution in [1.82, 2.24) is 4.90 Å². The molecular formula is C15H25BrN2S. The van der Waals surface area contributed by atoms with Crippen molar-refractivity contribution < 1.29 is 0 Å². The molecule has 2 atom stereocenters. The van der Waals surface area contributed by atoms with E-state index < -0.39 is 0 Å². The Morgan fingerprint density at radius 3 is 2.32 bits per heavy atom. The molecule has 0 radical (unpaired) electrons. The zero-order valence-corrected chi connectivity index (χ0v) is 14.5. The second-order valence-corrected chi connectivity index (χ2v) is 8.56. The van der Waals surface area contributed by atoms with E-state index in [0.717, 1.165) is 11.8 Å². The number of nitrogens with two attached hydrogens (primary N) is 1. The summed E-state index contributed by atoms with van der Waals surface area (Å²) in [5, 5.41) is 0. The van der Waals surface area contributed by atoms with Crippen LogP contribution in [0.4, 0.5) is 0 Å². The summed E-state index contributed by atoms with van der Waals surface area (Å²) in [6.07, 6.45) is 2.63. The van der Waals surface area contributed by atoms with E-state index in [-0.39, 0.29) is 6.04 Å². The second kappa shape index (κ2) is 6.70. The largest absolute Gasteiger partial charge is 0.326 e. The third-order valence-corrected chi connectivity index (χ3v) is 5.99. The van der Waals surface area contributed by atoms with Crippen LogP contribution in [0.25, 0.3) is 0 Å². The van der Waals surface area contributed by atoms with Crippen LogP contribution in [0.1, 0.15) is 44.5 Å². The van der Waals surface area contributed by atoms with Gasteiger partial charge in [0.1, 0.15) is 0 Å². The first kappa shape index (κ1) is 15.5. The summed E-state index contributed by atoms with van der Waals surface area (Å²) < 4.78 is 1.20. The van der Waals surface area contributed by atoms with Gasteiger partial charge in [0.05, 0.1) is 9.83 Å². The van der Waals surface area contributed by atoms with Crippen LogP contribution in [-0.2, 0) is 0 Å². The van der Waals surface area contributed by atoms with Gasteiger partial charge in [0.15, 0.2) is 0 Å². The Morgan fingerprint density at radius 1 is 1.26 bits per heavy atom. The number of halogens is 1. The lowest BCUT2D eigenvalue weighted by Gasteiger charge is -2.40. The topological polar surface area (TPSA) is 29.3 Å². The van der Waals surface area contributed by atoms with E-state index in [1.54, 1.807) is 0 Å². The van der Waals surface area contributed by atoms with Gasteiger partial charge in [-0.05, 0) is 72.8 Å². The number of thiophene rings is 1. The predicted octanol–water partition coefficient (Wildman–Crippen LogP) is 4.27. The Kier molecular flexibility index (Phi) is 5.46. The van der Waals surface area contributed by atoms with Crippen LogP contribution in [0.2, 0.25) is 0 Å². The van der Waals surface area contributed by atoms with Gasteiger partial charge in [-0.3, -0.25) is 4.90 Å². The standard InChI is InChI=1S/C15H25BrN2S/c1-10(2)12-6-8-18(9-7-12)15(11(3)17)13-4-5-14(16)19-13/h4-5,10-12,15H,6-9,17H2,1-3H3. The van der Waals surface area contributed by atoms with E-state index >= 15 is 0 Å². The SMILES string of the molecule is CC(C)C1CCN(C(c2ccc(Br)s2)C(C)N)CC1. The molecule has 1 fully saturated rings. The van der Waals surface area contributed by atoms with Crippen molar-refractivity contribution in [2.24, 2.45) is 17.6 Å². The van der Waals surface area contributed by atoms with Gasteiger partial charge in [0.2, 0.25) is 0 Å². The Hall–Kier alpha value is 0.1000. The molecule has 1 aromatic rings. The highest BCUT2D eigenvalue weighted by molar-refractivity contribution is 9.11. The molecular weight excluding hydrogens is 320 g/mol. The highest BCUT2D eigenvalue weighted by atomic mass is 79.9. The molecule has 0 saturated carbocycles. The Labute approximate surface area is 129 Å². The highest BCUT2D eigenvalue weighted by Crippen LogP contribution is 2.35. The van der Waals surface area contributed by atoms with Crippen LogP contribution in [0.15, 0.2) is 15.9 Å². The molecule has 0 spiro atoms. The third kappa shape index (κ3) is 3.81. The van der Waals surface area contributed by atoms with Gasteiger partial charge in [0, 0.05) is 10.9 Å². The molecule has 0 aromatic carbocycles. The molecule has 0 bridgehead atoms. The first-order chi connectivity index (χ1) is 8.99. The fourth-order valence-electron chi connectivity index (χ4n) is 3.12. The molecule has 2 unspecified atom stereocenters. The van der Waals surface area contributed by atoms with Gasteiger partial charge in [-0.25, -0.2) is 0 Å². The van der Waals surface area contributed by atoms with Gasteiger partial charge in [-0.15, -0.1) is 11.3 Å². The molecule has 1 saturated heterocycles. The lowest BCUT2D eigenvalue weighted by Crippen LogP contribution is -2.44. The maximum Gasteiger partial charge on any atom is 0.0702 e. The van der Waals surface area contributed by atoms with E-state index in [2.05, 4.69) is 53.7 Å². The fraction of sp³-hybridized carbons (Fsp3) is 0.733. The van der Waals surface area contributed by atoms with Gasteiger partial charge >= 0.3 is 0 Å².